The van der Waals surface area contributed by atoms with Crippen LogP contribution in [0.5, 0.6) is 0 Å². The average Bonchev–Trinajstić information content (AvgIpc) is 1.46. The molecule has 4 nitrogen and oxygen atoms in total. The van der Waals surface area contributed by atoms with E-state index in [2.05, 4.69) is 128 Å². The first kappa shape index (κ1) is 36.7. The van der Waals surface area contributed by atoms with Crippen molar-refractivity contribution in [3.8, 4) is 55.9 Å². The highest BCUT2D eigenvalue weighted by Gasteiger charge is 2.45. The number of rotatable bonds is 8. The first-order chi connectivity index (χ1) is 49.5. The lowest BCUT2D eigenvalue weighted by molar-refractivity contribution is 0.590. The van der Waals surface area contributed by atoms with E-state index in [0.717, 1.165) is 89.2 Å². The fourth-order valence-corrected chi connectivity index (χ4v) is 13.3. The molecule has 0 fully saturated rings. The zero-order valence-electron chi connectivity index (χ0n) is 63.5. The van der Waals surface area contributed by atoms with Gasteiger partial charge in [-0.2, -0.15) is 0 Å². The summed E-state index contributed by atoms with van der Waals surface area (Å²) in [5, 5.41) is -0.252. The Kier molecular flexibility index (Phi) is 8.39. The van der Waals surface area contributed by atoms with Gasteiger partial charge in [-0.05, 0) is 133 Å². The van der Waals surface area contributed by atoms with Gasteiger partial charge >= 0.3 is 0 Å². The Hall–Kier alpha value is -10.9. The van der Waals surface area contributed by atoms with Crippen molar-refractivity contribution in [3.05, 3.63) is 308 Å². The molecule has 4 heterocycles. The quantitative estimate of drug-likeness (QED) is 0.141. The van der Waals surface area contributed by atoms with Crippen LogP contribution in [0.3, 0.4) is 0 Å². The molecule has 15 aromatic rings. The summed E-state index contributed by atoms with van der Waals surface area (Å²) in [6.07, 6.45) is 0. The fourth-order valence-electron chi connectivity index (χ4n) is 13.3. The molecule has 2 aliphatic heterocycles. The van der Waals surface area contributed by atoms with E-state index in [9.17, 15) is 11.0 Å². The van der Waals surface area contributed by atoms with Crippen LogP contribution in [0, 0.1) is 0 Å². The van der Waals surface area contributed by atoms with Crippen molar-refractivity contribution in [2.75, 3.05) is 9.80 Å². The predicted octanol–water partition coefficient (Wildman–Crippen LogP) is 19.9. The fraction of sp³-hybridized carbons (Fsp3) is 0.0488. The molecule has 0 saturated carbocycles. The molecule has 0 amide bonds. The Morgan fingerprint density at radius 1 is 0.310 bits per heavy atom. The summed E-state index contributed by atoms with van der Waals surface area (Å²) in [5.41, 5.74) is 14.7. The van der Waals surface area contributed by atoms with Crippen molar-refractivity contribution in [1.29, 1.82) is 0 Å². The zero-order chi connectivity index (χ0) is 71.8. The average molecular weight is 1130 g/mol. The first-order valence-corrected chi connectivity index (χ1v) is 29.0. The molecule has 0 spiro atoms. The van der Waals surface area contributed by atoms with Crippen LogP contribution < -0.4 is 26.2 Å². The topological polar surface area (TPSA) is 16.3 Å². The Balaban J connectivity index is 1.07. The molecule has 0 radical (unpaired) electrons. The zero-order valence-corrected chi connectivity index (χ0v) is 47.5. The van der Waals surface area contributed by atoms with E-state index in [1.165, 1.54) is 0 Å². The van der Waals surface area contributed by atoms with Gasteiger partial charge in [0.25, 0.3) is 6.71 Å². The second-order valence-electron chi connectivity index (χ2n) is 23.3. The molecule has 5 heteroatoms. The van der Waals surface area contributed by atoms with Gasteiger partial charge in [-0.25, -0.2) is 0 Å². The lowest BCUT2D eigenvalue weighted by Crippen LogP contribution is -2.61. The van der Waals surface area contributed by atoms with Gasteiger partial charge in [0.1, 0.15) is 0 Å². The Morgan fingerprint density at radius 3 is 1.01 bits per heavy atom. The summed E-state index contributed by atoms with van der Waals surface area (Å²) in [5.74, 6) is 0. The molecule has 17 rings (SSSR count). The number of hydrogen-bond donors (Lipinski definition) is 0. The van der Waals surface area contributed by atoms with Gasteiger partial charge in [0.2, 0.25) is 0 Å². The first-order valence-electron chi connectivity index (χ1n) is 37.0. The highest BCUT2D eigenvalue weighted by atomic mass is 15.2. The number of fused-ring (bicyclic) bond motifs is 10. The van der Waals surface area contributed by atoms with Crippen LogP contribution in [-0.4, -0.2) is 15.8 Å². The summed E-state index contributed by atoms with van der Waals surface area (Å²) in [7, 11) is 0. The van der Waals surface area contributed by atoms with Crippen LogP contribution in [-0.2, 0) is 5.41 Å². The van der Waals surface area contributed by atoms with Gasteiger partial charge < -0.3 is 18.9 Å². The lowest BCUT2D eigenvalue weighted by atomic mass is 9.33. The number of hydrogen-bond acceptors (Lipinski definition) is 2. The van der Waals surface area contributed by atoms with Gasteiger partial charge in [0.05, 0.1) is 55.4 Å². The third kappa shape index (κ3) is 8.07. The summed E-state index contributed by atoms with van der Waals surface area (Å²) in [6.45, 7) is 5.78. The predicted molar refractivity (Wildman–Crippen MR) is 370 cm³/mol. The maximum Gasteiger partial charge on any atom is 0.252 e. The van der Waals surface area contributed by atoms with Crippen LogP contribution in [0.4, 0.5) is 34.1 Å². The van der Waals surface area contributed by atoms with Crippen molar-refractivity contribution in [1.82, 2.24) is 9.13 Å². The number of nitrogens with zero attached hydrogens (tertiary/aromatic N) is 4. The van der Waals surface area contributed by atoms with E-state index >= 15 is 0 Å². The molecule has 2 aromatic heterocycles. The summed E-state index contributed by atoms with van der Waals surface area (Å²) in [4.78, 5) is 4.54. The highest BCUT2D eigenvalue weighted by Crippen LogP contribution is 2.52. The smallest absolute Gasteiger partial charge is 0.252 e. The second-order valence-corrected chi connectivity index (χ2v) is 23.3. The maximum atomic E-state index is 9.69. The number of para-hydroxylation sites is 4. The van der Waals surface area contributed by atoms with Gasteiger partial charge in [-0.3, -0.25) is 0 Å². The maximum absolute atomic E-state index is 9.69. The van der Waals surface area contributed by atoms with Crippen LogP contribution in [0.1, 0.15) is 48.3 Å². The van der Waals surface area contributed by atoms with E-state index in [0.29, 0.717) is 22.7 Å². The Labute approximate surface area is 530 Å². The normalized spacial score (nSPS) is 15.3. The van der Waals surface area contributed by atoms with E-state index < -0.39 is 109 Å². The highest BCUT2D eigenvalue weighted by molar-refractivity contribution is 7.00. The molecule has 0 bridgehead atoms. The summed E-state index contributed by atoms with van der Waals surface area (Å²) in [6, 6.07) is 61.2. The molecule has 410 valence electrons. The van der Waals surface area contributed by atoms with Crippen molar-refractivity contribution in [3.63, 3.8) is 0 Å². The Morgan fingerprint density at radius 2 is 0.655 bits per heavy atom. The van der Waals surface area contributed by atoms with Crippen molar-refractivity contribution >= 4 is 101 Å². The van der Waals surface area contributed by atoms with E-state index in [1.807, 2.05) is 109 Å². The van der Waals surface area contributed by atoms with Crippen LogP contribution >= 0.6 is 0 Å². The van der Waals surface area contributed by atoms with Gasteiger partial charge in [-0.15, -0.1) is 0 Å². The minimum Gasteiger partial charge on any atom is -0.311 e. The minimum absolute atomic E-state index is 0.0398. The van der Waals surface area contributed by atoms with Gasteiger partial charge in [0.15, 0.2) is 0 Å². The molecule has 87 heavy (non-hydrogen) atoms. The van der Waals surface area contributed by atoms with E-state index in [4.69, 9.17) is 11.0 Å². The summed E-state index contributed by atoms with van der Waals surface area (Å²) < 4.78 is 152. The molecule has 0 saturated heterocycles. The standard InChI is InChI=1S/C82H59BN4/c1-82(2,3)60-50-79-81-80(51-60)87(76-49-59(55-26-10-5-11-27-55)41-45-64(76)57-30-14-7-15-31-57)78-53-62(85-73-38-22-18-34-67(73)68-35-19-23-39-74(68)85)43-47-70(78)83(81)69-46-42-61(84-71-36-20-16-32-65(71)66-33-17-21-37-72(66)84)52-77(69)86(79)75-48-58(54-24-8-4-9-25-54)40-44-63(75)56-28-12-6-13-29-56/h4-53H,1-3H3/i16D,17D,18D,19D,20D,21D,22D,23D,32D,33D,34D,35D,36D,37D,38D,39D. The van der Waals surface area contributed by atoms with E-state index in [1.54, 1.807) is 9.13 Å². The molecule has 0 unspecified atom stereocenters. The van der Waals surface area contributed by atoms with Crippen molar-refractivity contribution < 1.29 is 21.9 Å². The number of benzene rings is 13. The second kappa shape index (κ2) is 19.9. The number of anilines is 6. The van der Waals surface area contributed by atoms with Crippen LogP contribution in [0.15, 0.2) is 303 Å². The third-order valence-electron chi connectivity index (χ3n) is 17.3. The van der Waals surface area contributed by atoms with Crippen molar-refractivity contribution in [2.24, 2.45) is 0 Å². The molecule has 0 atom stereocenters. The largest absolute Gasteiger partial charge is 0.311 e. The molecular weight excluding hydrogens is 1050 g/mol. The van der Waals surface area contributed by atoms with Crippen molar-refractivity contribution in [2.45, 2.75) is 26.2 Å². The van der Waals surface area contributed by atoms with E-state index in [-0.39, 0.29) is 43.6 Å². The van der Waals surface area contributed by atoms with Gasteiger partial charge in [-0.1, -0.05) is 251 Å². The molecule has 0 N–H and O–H groups in total. The Bertz CT molecular complexity index is 5680. The molecule has 13 aromatic carbocycles. The molecular formula is C82H59BN4. The van der Waals surface area contributed by atoms with Gasteiger partial charge in [0, 0.05) is 66.8 Å². The van der Waals surface area contributed by atoms with Crippen LogP contribution in [0.2, 0.25) is 0 Å². The monoisotopic (exact) mass is 1130 g/mol. The van der Waals surface area contributed by atoms with Crippen LogP contribution in [0.25, 0.3) is 99.5 Å². The minimum atomic E-state index is -0.699. The summed E-state index contributed by atoms with van der Waals surface area (Å²) >= 11 is 0. The molecule has 0 aliphatic carbocycles. The SMILES string of the molecule is [2H]c1c([2H])c([2H])c2c(c1[2H])c1c([2H])c([2H])c([2H])c([2H])c1n2-c1ccc2c(c1)N(c1cc(-c3ccccc3)ccc1-c1ccccc1)c1cc(C(C)(C)C)cc3c1B2c1ccc(-n2c4c([2H])c([2H])c([2H])c([2H])c4c4c([2H])c([2H])c([2H])c([2H])c42)cc1N3c1cc(-c2ccccc2)ccc1-c1ccccc1. The number of aromatic nitrogens is 2. The third-order valence-corrected chi connectivity index (χ3v) is 17.3. The molecule has 2 aliphatic rings. The lowest BCUT2D eigenvalue weighted by Gasteiger charge is -2.46.